The van der Waals surface area contributed by atoms with Crippen LogP contribution >= 0.6 is 0 Å². The Bertz CT molecular complexity index is 1510. The third kappa shape index (κ3) is 9.65. The minimum absolute atomic E-state index is 0.232. The molecule has 0 aliphatic carbocycles. The van der Waals surface area contributed by atoms with E-state index in [1.54, 1.807) is 68.6 Å². The third-order valence-corrected chi connectivity index (χ3v) is 6.25. The molecule has 1 heterocycles. The molecule has 0 fully saturated rings. The van der Waals surface area contributed by atoms with E-state index in [0.717, 1.165) is 6.42 Å². The lowest BCUT2D eigenvalue weighted by Gasteiger charge is -2.23. The molecular formula is C31H37N9O3. The summed E-state index contributed by atoms with van der Waals surface area (Å²) in [5.74, 6) is -0.483. The van der Waals surface area contributed by atoms with Crippen LogP contribution in [-0.2, 0) is 9.59 Å². The molecule has 3 amide bonds. The van der Waals surface area contributed by atoms with Crippen LogP contribution in [0.5, 0.6) is 0 Å². The van der Waals surface area contributed by atoms with E-state index in [1.807, 2.05) is 25.9 Å². The fraction of sp³-hybridized carbons (Fsp3) is 0.290. The molecule has 0 aliphatic heterocycles. The predicted molar refractivity (Wildman–Crippen MR) is 168 cm³/mol. The standard InChI is InChI=1S/C31H37N9O3/c1-6-15-33-28-26(20-34-31(38-28)37-23-11-7-10-22(17-23)19-32)30(43)36-25-13-8-12-24(18-25)35-29(42)21(2)40(5)27(41)14-9-16-39(3)4/h7-14,17-18,20-21H,6,15-16H2,1-5H3,(H,35,42)(H,36,43)(H2,33,34,37,38)/b14-9+. The Morgan fingerprint density at radius 2 is 1.72 bits per heavy atom. The van der Waals surface area contributed by atoms with E-state index in [2.05, 4.69) is 37.3 Å². The van der Waals surface area contributed by atoms with Gasteiger partial charge >= 0.3 is 0 Å². The van der Waals surface area contributed by atoms with Crippen LogP contribution in [0.2, 0.25) is 0 Å². The number of benzene rings is 2. The Morgan fingerprint density at radius 1 is 1.02 bits per heavy atom. The van der Waals surface area contributed by atoms with Crippen molar-refractivity contribution in [2.75, 3.05) is 55.5 Å². The molecule has 224 valence electrons. The molecule has 4 N–H and O–H groups in total. The van der Waals surface area contributed by atoms with Crippen molar-refractivity contribution < 1.29 is 14.4 Å². The van der Waals surface area contributed by atoms with Crippen LogP contribution in [0.1, 0.15) is 36.2 Å². The summed E-state index contributed by atoms with van der Waals surface area (Å²) < 4.78 is 0. The van der Waals surface area contributed by atoms with E-state index in [1.165, 1.54) is 17.2 Å². The highest BCUT2D eigenvalue weighted by Gasteiger charge is 2.21. The Balaban J connectivity index is 1.70. The van der Waals surface area contributed by atoms with Gasteiger partial charge in [0.05, 0.1) is 11.6 Å². The molecule has 1 atom stereocenters. The quantitative estimate of drug-likeness (QED) is 0.218. The van der Waals surface area contributed by atoms with Gasteiger partial charge in [0.25, 0.3) is 5.91 Å². The topological polar surface area (TPSA) is 155 Å². The van der Waals surface area contributed by atoms with E-state index in [9.17, 15) is 14.4 Å². The maximum absolute atomic E-state index is 13.3. The van der Waals surface area contributed by atoms with Gasteiger partial charge in [-0.3, -0.25) is 14.4 Å². The third-order valence-electron chi connectivity index (χ3n) is 6.25. The number of hydrogen-bond acceptors (Lipinski definition) is 9. The second kappa shape index (κ2) is 15.6. The summed E-state index contributed by atoms with van der Waals surface area (Å²) in [6.07, 6.45) is 5.42. The van der Waals surface area contributed by atoms with E-state index >= 15 is 0 Å². The number of carbonyl (C=O) groups excluding carboxylic acids is 3. The maximum Gasteiger partial charge on any atom is 0.260 e. The van der Waals surface area contributed by atoms with Gasteiger partial charge < -0.3 is 31.1 Å². The summed E-state index contributed by atoms with van der Waals surface area (Å²) in [6, 6.07) is 15.0. The van der Waals surface area contributed by atoms with Crippen LogP contribution in [0, 0.1) is 11.3 Å². The molecule has 3 rings (SSSR count). The highest BCUT2D eigenvalue weighted by atomic mass is 16.2. The molecule has 12 heteroatoms. The molecule has 3 aromatic rings. The number of anilines is 5. The van der Waals surface area contributed by atoms with Crippen molar-refractivity contribution in [3.63, 3.8) is 0 Å². The van der Waals surface area contributed by atoms with Gasteiger partial charge in [-0.25, -0.2) is 4.98 Å². The van der Waals surface area contributed by atoms with E-state index in [-0.39, 0.29) is 23.3 Å². The van der Waals surface area contributed by atoms with Crippen molar-refractivity contribution in [1.82, 2.24) is 19.8 Å². The largest absolute Gasteiger partial charge is 0.369 e. The fourth-order valence-corrected chi connectivity index (χ4v) is 3.75. The summed E-state index contributed by atoms with van der Waals surface area (Å²) in [5.41, 5.74) is 2.27. The second-order valence-corrected chi connectivity index (χ2v) is 10.0. The summed E-state index contributed by atoms with van der Waals surface area (Å²) in [4.78, 5) is 50.6. The molecule has 43 heavy (non-hydrogen) atoms. The van der Waals surface area contributed by atoms with Crippen molar-refractivity contribution in [3.05, 3.63) is 78.0 Å². The van der Waals surface area contributed by atoms with Gasteiger partial charge in [0.2, 0.25) is 17.8 Å². The predicted octanol–water partition coefficient (Wildman–Crippen LogP) is 4.07. The number of nitrogens with one attached hydrogen (secondary N) is 4. The van der Waals surface area contributed by atoms with Crippen molar-refractivity contribution >= 4 is 46.5 Å². The van der Waals surface area contributed by atoms with Gasteiger partial charge in [-0.1, -0.05) is 25.1 Å². The molecule has 0 bridgehead atoms. The minimum atomic E-state index is -0.728. The Labute approximate surface area is 251 Å². The first-order valence-corrected chi connectivity index (χ1v) is 13.8. The van der Waals surface area contributed by atoms with Gasteiger partial charge in [0.15, 0.2) is 0 Å². The molecule has 0 saturated carbocycles. The number of nitriles is 1. The molecule has 1 aromatic heterocycles. The second-order valence-electron chi connectivity index (χ2n) is 10.0. The zero-order valence-corrected chi connectivity index (χ0v) is 25.0. The van der Waals surface area contributed by atoms with Crippen LogP contribution in [-0.4, -0.2) is 77.8 Å². The maximum atomic E-state index is 13.3. The van der Waals surface area contributed by atoms with E-state index < -0.39 is 11.9 Å². The van der Waals surface area contributed by atoms with Crippen LogP contribution in [0.4, 0.5) is 28.8 Å². The first kappa shape index (κ1) is 32.2. The van der Waals surface area contributed by atoms with Gasteiger partial charge in [-0.15, -0.1) is 0 Å². The van der Waals surface area contributed by atoms with Crippen molar-refractivity contribution in [1.29, 1.82) is 5.26 Å². The summed E-state index contributed by atoms with van der Waals surface area (Å²) in [5, 5.41) is 21.0. The minimum Gasteiger partial charge on any atom is -0.369 e. The van der Waals surface area contributed by atoms with Crippen molar-refractivity contribution in [3.8, 4) is 6.07 Å². The Morgan fingerprint density at radius 3 is 2.42 bits per heavy atom. The van der Waals surface area contributed by atoms with Crippen LogP contribution in [0.25, 0.3) is 0 Å². The molecule has 1 unspecified atom stereocenters. The van der Waals surface area contributed by atoms with Gasteiger partial charge in [-0.05, 0) is 63.8 Å². The monoisotopic (exact) mass is 583 g/mol. The molecule has 0 spiro atoms. The zero-order valence-electron chi connectivity index (χ0n) is 25.0. The molecule has 0 aliphatic rings. The Hall–Kier alpha value is -5.28. The Kier molecular flexibility index (Phi) is 11.7. The molecule has 0 radical (unpaired) electrons. The van der Waals surface area contributed by atoms with Gasteiger partial charge in [0.1, 0.15) is 17.4 Å². The van der Waals surface area contributed by atoms with Crippen LogP contribution in [0.15, 0.2) is 66.9 Å². The number of hydrogen-bond donors (Lipinski definition) is 4. The highest BCUT2D eigenvalue weighted by Crippen LogP contribution is 2.21. The van der Waals surface area contributed by atoms with Gasteiger partial charge in [0, 0.05) is 49.5 Å². The average molecular weight is 584 g/mol. The number of rotatable bonds is 13. The van der Waals surface area contributed by atoms with Crippen molar-refractivity contribution in [2.45, 2.75) is 26.3 Å². The highest BCUT2D eigenvalue weighted by molar-refractivity contribution is 6.08. The average Bonchev–Trinajstić information content (AvgIpc) is 2.99. The van der Waals surface area contributed by atoms with E-state index in [4.69, 9.17) is 5.26 Å². The van der Waals surface area contributed by atoms with Crippen molar-refractivity contribution in [2.24, 2.45) is 0 Å². The lowest BCUT2D eigenvalue weighted by molar-refractivity contribution is -0.132. The smallest absolute Gasteiger partial charge is 0.260 e. The lowest BCUT2D eigenvalue weighted by atomic mass is 10.2. The van der Waals surface area contributed by atoms with Crippen LogP contribution < -0.4 is 21.3 Å². The number of carbonyl (C=O) groups is 3. The summed E-state index contributed by atoms with van der Waals surface area (Å²) >= 11 is 0. The molecule has 0 saturated heterocycles. The first-order valence-electron chi connectivity index (χ1n) is 13.8. The number of likely N-dealkylation sites (N-methyl/N-ethyl adjacent to an activating group) is 2. The molecule has 2 aromatic carbocycles. The normalized spacial score (nSPS) is 11.5. The van der Waals surface area contributed by atoms with E-state index in [0.29, 0.717) is 41.5 Å². The number of amides is 3. The summed E-state index contributed by atoms with van der Waals surface area (Å²) in [6.45, 7) is 4.83. The SMILES string of the molecule is CCCNc1nc(Nc2cccc(C#N)c2)ncc1C(=O)Nc1cccc(NC(=O)C(C)N(C)C(=O)/C=C/CN(C)C)c1. The summed E-state index contributed by atoms with van der Waals surface area (Å²) in [7, 11) is 5.36. The molecular weight excluding hydrogens is 546 g/mol. The fourth-order valence-electron chi connectivity index (χ4n) is 3.75. The lowest BCUT2D eigenvalue weighted by Crippen LogP contribution is -2.42. The molecule has 12 nitrogen and oxygen atoms in total. The number of nitrogens with zero attached hydrogens (tertiary/aromatic N) is 5. The number of aromatic nitrogens is 2. The zero-order chi connectivity index (χ0) is 31.4. The van der Waals surface area contributed by atoms with Gasteiger partial charge in [-0.2, -0.15) is 10.2 Å². The first-order chi connectivity index (χ1) is 20.6. The van der Waals surface area contributed by atoms with Crippen LogP contribution in [0.3, 0.4) is 0 Å².